The topological polar surface area (TPSA) is 115 Å². The number of ether oxygens (including phenoxy) is 1. The summed E-state index contributed by atoms with van der Waals surface area (Å²) in [7, 11) is 0. The van der Waals surface area contributed by atoms with Crippen LogP contribution in [0.3, 0.4) is 0 Å². The van der Waals surface area contributed by atoms with Crippen molar-refractivity contribution in [2.24, 2.45) is 0 Å². The summed E-state index contributed by atoms with van der Waals surface area (Å²) in [6.07, 6.45) is 2.58. The van der Waals surface area contributed by atoms with E-state index in [0.29, 0.717) is 5.56 Å². The van der Waals surface area contributed by atoms with Gasteiger partial charge in [-0.1, -0.05) is 18.2 Å². The molecule has 0 aliphatic rings. The lowest BCUT2D eigenvalue weighted by Gasteiger charge is -2.11. The van der Waals surface area contributed by atoms with Gasteiger partial charge in [0.25, 0.3) is 0 Å². The van der Waals surface area contributed by atoms with Gasteiger partial charge in [0, 0.05) is 11.8 Å². The quantitative estimate of drug-likeness (QED) is 0.393. The van der Waals surface area contributed by atoms with Crippen LogP contribution in [0.1, 0.15) is 24.4 Å². The molecule has 0 saturated heterocycles. The molecule has 8 nitrogen and oxygen atoms in total. The van der Waals surface area contributed by atoms with Crippen molar-refractivity contribution in [1.82, 2.24) is 9.78 Å². The molecule has 152 valence electrons. The first-order valence-electron chi connectivity index (χ1n) is 9.20. The van der Waals surface area contributed by atoms with E-state index in [4.69, 9.17) is 9.15 Å². The number of para-hydroxylation sites is 1. The molecule has 30 heavy (non-hydrogen) atoms. The Morgan fingerprint density at radius 1 is 1.13 bits per heavy atom. The SMILES string of the molecule is CC(C)OC(=O)c1oc2c(O)c(O)ccc2c(=O)c1-c1cnn(-c2ccccc2)c1. The molecule has 0 unspecified atom stereocenters. The Labute approximate surface area is 170 Å². The van der Waals surface area contributed by atoms with Crippen molar-refractivity contribution in [2.75, 3.05) is 0 Å². The number of aromatic hydroxyl groups is 2. The van der Waals surface area contributed by atoms with Gasteiger partial charge in [-0.25, -0.2) is 9.48 Å². The van der Waals surface area contributed by atoms with Gasteiger partial charge in [-0.15, -0.1) is 0 Å². The molecule has 0 aliphatic carbocycles. The fourth-order valence-electron chi connectivity index (χ4n) is 3.08. The number of fused-ring (bicyclic) bond motifs is 1. The van der Waals surface area contributed by atoms with Gasteiger partial charge in [0.2, 0.25) is 16.9 Å². The lowest BCUT2D eigenvalue weighted by atomic mass is 10.0. The van der Waals surface area contributed by atoms with Crippen molar-refractivity contribution in [3.8, 4) is 28.3 Å². The molecule has 0 bridgehead atoms. The van der Waals surface area contributed by atoms with Crippen molar-refractivity contribution in [1.29, 1.82) is 0 Å². The van der Waals surface area contributed by atoms with Crippen molar-refractivity contribution in [3.05, 3.63) is 70.8 Å². The van der Waals surface area contributed by atoms with Gasteiger partial charge in [-0.3, -0.25) is 4.79 Å². The minimum Gasteiger partial charge on any atom is -0.504 e. The van der Waals surface area contributed by atoms with Crippen molar-refractivity contribution < 1.29 is 24.2 Å². The molecular weight excluding hydrogens is 388 g/mol. The fourth-order valence-corrected chi connectivity index (χ4v) is 3.08. The predicted molar refractivity (Wildman–Crippen MR) is 109 cm³/mol. The number of nitrogens with zero attached hydrogens (tertiary/aromatic N) is 2. The van der Waals surface area contributed by atoms with Gasteiger partial charge in [0.05, 0.1) is 28.9 Å². The van der Waals surface area contributed by atoms with Crippen molar-refractivity contribution in [3.63, 3.8) is 0 Å². The Bertz CT molecular complexity index is 1300. The molecule has 0 amide bonds. The van der Waals surface area contributed by atoms with Crippen molar-refractivity contribution in [2.45, 2.75) is 20.0 Å². The van der Waals surface area contributed by atoms with Gasteiger partial charge < -0.3 is 19.4 Å². The lowest BCUT2D eigenvalue weighted by Crippen LogP contribution is -2.17. The number of benzene rings is 2. The van der Waals surface area contributed by atoms with E-state index >= 15 is 0 Å². The third-order valence-corrected chi connectivity index (χ3v) is 4.43. The Morgan fingerprint density at radius 3 is 2.57 bits per heavy atom. The van der Waals surface area contributed by atoms with Crippen LogP contribution in [0.2, 0.25) is 0 Å². The van der Waals surface area contributed by atoms with E-state index in [1.54, 1.807) is 24.7 Å². The number of rotatable bonds is 4. The highest BCUT2D eigenvalue weighted by molar-refractivity contribution is 5.98. The van der Waals surface area contributed by atoms with Crippen LogP contribution in [0.25, 0.3) is 27.8 Å². The van der Waals surface area contributed by atoms with Crippen LogP contribution in [0, 0.1) is 0 Å². The zero-order valence-corrected chi connectivity index (χ0v) is 16.2. The molecule has 0 spiro atoms. The molecule has 2 heterocycles. The zero-order chi connectivity index (χ0) is 21.4. The molecule has 0 atom stereocenters. The molecule has 0 radical (unpaired) electrons. The molecule has 2 aromatic heterocycles. The molecule has 4 rings (SSSR count). The zero-order valence-electron chi connectivity index (χ0n) is 16.2. The maximum absolute atomic E-state index is 13.3. The Kier molecular flexibility index (Phi) is 4.75. The van der Waals surface area contributed by atoms with Crippen LogP contribution in [0.5, 0.6) is 11.5 Å². The van der Waals surface area contributed by atoms with Gasteiger partial charge >= 0.3 is 5.97 Å². The van der Waals surface area contributed by atoms with E-state index < -0.39 is 29.0 Å². The standard InChI is InChI=1S/C22H18N2O6/c1-12(2)29-22(28)21-17(13-10-23-24(11-13)14-6-4-3-5-7-14)18(26)15-8-9-16(25)19(27)20(15)30-21/h3-12,25,27H,1-2H3. The molecule has 0 saturated carbocycles. The maximum Gasteiger partial charge on any atom is 0.375 e. The lowest BCUT2D eigenvalue weighted by molar-refractivity contribution is 0.0343. The minimum absolute atomic E-state index is 0.00820. The minimum atomic E-state index is -0.866. The number of hydrogen-bond acceptors (Lipinski definition) is 7. The number of esters is 1. The average molecular weight is 406 g/mol. The average Bonchev–Trinajstić information content (AvgIpc) is 3.20. The smallest absolute Gasteiger partial charge is 0.375 e. The summed E-state index contributed by atoms with van der Waals surface area (Å²) >= 11 is 0. The predicted octanol–water partition coefficient (Wildman–Crippen LogP) is 3.62. The number of hydrogen-bond donors (Lipinski definition) is 2. The van der Waals surface area contributed by atoms with Crippen LogP contribution in [0.4, 0.5) is 0 Å². The summed E-state index contributed by atoms with van der Waals surface area (Å²) in [5, 5.41) is 24.2. The molecule has 8 heteroatoms. The second-order valence-corrected chi connectivity index (χ2v) is 6.91. The second kappa shape index (κ2) is 7.40. The summed E-state index contributed by atoms with van der Waals surface area (Å²) in [6.45, 7) is 3.32. The van der Waals surface area contributed by atoms with Crippen LogP contribution in [-0.4, -0.2) is 32.1 Å². The highest BCUT2D eigenvalue weighted by atomic mass is 16.6. The number of aromatic nitrogens is 2. The van der Waals surface area contributed by atoms with Gasteiger partial charge in [0.1, 0.15) is 0 Å². The molecule has 4 aromatic rings. The molecule has 0 aliphatic heterocycles. The normalized spacial score (nSPS) is 11.2. The van der Waals surface area contributed by atoms with Gasteiger partial charge in [-0.05, 0) is 38.1 Å². The molecule has 2 aromatic carbocycles. The Balaban J connectivity index is 1.97. The largest absolute Gasteiger partial charge is 0.504 e. The Hall–Kier alpha value is -4.07. The van der Waals surface area contributed by atoms with Crippen LogP contribution in [-0.2, 0) is 4.74 Å². The molecule has 2 N–H and O–H groups in total. The monoisotopic (exact) mass is 406 g/mol. The van der Waals surface area contributed by atoms with Gasteiger partial charge in [-0.2, -0.15) is 5.10 Å². The first-order valence-corrected chi connectivity index (χ1v) is 9.20. The van der Waals surface area contributed by atoms with E-state index in [0.717, 1.165) is 5.69 Å². The van der Waals surface area contributed by atoms with Gasteiger partial charge in [0.15, 0.2) is 11.3 Å². The summed E-state index contributed by atoms with van der Waals surface area (Å²) in [5.74, 6) is -2.35. The third kappa shape index (κ3) is 3.28. The van der Waals surface area contributed by atoms with Crippen molar-refractivity contribution >= 4 is 16.9 Å². The van der Waals surface area contributed by atoms with E-state index in [2.05, 4.69) is 5.10 Å². The summed E-state index contributed by atoms with van der Waals surface area (Å²) < 4.78 is 12.4. The number of carbonyl (C=O) groups excluding carboxylic acids is 1. The van der Waals surface area contributed by atoms with E-state index in [-0.39, 0.29) is 22.3 Å². The third-order valence-electron chi connectivity index (χ3n) is 4.43. The maximum atomic E-state index is 13.3. The molecular formula is C22H18N2O6. The summed E-state index contributed by atoms with van der Waals surface area (Å²) in [4.78, 5) is 25.9. The van der Waals surface area contributed by atoms with Crippen LogP contribution < -0.4 is 5.43 Å². The first kappa shape index (κ1) is 19.3. The Morgan fingerprint density at radius 2 is 1.87 bits per heavy atom. The van der Waals surface area contributed by atoms with Crippen LogP contribution >= 0.6 is 0 Å². The fraction of sp³-hybridized carbons (Fsp3) is 0.136. The number of phenols is 2. The summed E-state index contributed by atoms with van der Waals surface area (Å²) in [6, 6.07) is 11.7. The highest BCUT2D eigenvalue weighted by Gasteiger charge is 2.26. The number of carbonyl (C=O) groups is 1. The van der Waals surface area contributed by atoms with E-state index in [1.165, 1.54) is 18.3 Å². The summed E-state index contributed by atoms with van der Waals surface area (Å²) in [5.41, 5.74) is 0.214. The van der Waals surface area contributed by atoms with E-state index in [1.807, 2.05) is 30.3 Å². The van der Waals surface area contributed by atoms with Crippen LogP contribution in [0.15, 0.2) is 64.1 Å². The molecule has 0 fully saturated rings. The second-order valence-electron chi connectivity index (χ2n) is 6.91. The highest BCUT2D eigenvalue weighted by Crippen LogP contribution is 2.35. The first-order chi connectivity index (χ1) is 14.4. The van der Waals surface area contributed by atoms with E-state index in [9.17, 15) is 19.8 Å². The number of phenolic OH excluding ortho intramolecular Hbond substituents is 2.